The number of imidazole rings is 1. The van der Waals surface area contributed by atoms with Gasteiger partial charge in [0.2, 0.25) is 0 Å². The number of nitriles is 1. The van der Waals surface area contributed by atoms with E-state index in [0.717, 1.165) is 36.4 Å². The lowest BCUT2D eigenvalue weighted by Crippen LogP contribution is -2.34. The molecule has 4 heteroatoms. The van der Waals surface area contributed by atoms with Gasteiger partial charge >= 0.3 is 0 Å². The van der Waals surface area contributed by atoms with Gasteiger partial charge in [0.15, 0.2) is 0 Å². The maximum Gasteiger partial charge on any atom is 0.124 e. The Hall–Kier alpha value is -1.86. The Bertz CT molecular complexity index is 617. The highest BCUT2D eigenvalue weighted by atomic mass is 15.1. The zero-order valence-electron chi connectivity index (χ0n) is 11.7. The molecule has 0 saturated carbocycles. The lowest BCUT2D eigenvalue weighted by atomic mass is 10.0. The number of aryl methyl sites for hydroxylation is 1. The van der Waals surface area contributed by atoms with E-state index in [1.165, 1.54) is 19.3 Å². The van der Waals surface area contributed by atoms with E-state index in [2.05, 4.69) is 27.0 Å². The van der Waals surface area contributed by atoms with Crippen LogP contribution < -0.4 is 5.32 Å². The van der Waals surface area contributed by atoms with Crippen molar-refractivity contribution >= 4 is 11.0 Å². The first-order valence-electron chi connectivity index (χ1n) is 7.43. The van der Waals surface area contributed by atoms with Crippen LogP contribution in [-0.4, -0.2) is 22.1 Å². The van der Waals surface area contributed by atoms with E-state index >= 15 is 0 Å². The van der Waals surface area contributed by atoms with Crippen molar-refractivity contribution in [1.82, 2.24) is 14.9 Å². The molecule has 104 valence electrons. The average Bonchev–Trinajstić information content (AvgIpc) is 2.84. The first-order valence-corrected chi connectivity index (χ1v) is 7.43. The Labute approximate surface area is 119 Å². The Morgan fingerprint density at radius 3 is 3.05 bits per heavy atom. The van der Waals surface area contributed by atoms with Gasteiger partial charge in [0.1, 0.15) is 5.82 Å². The van der Waals surface area contributed by atoms with Gasteiger partial charge in [0.05, 0.1) is 23.5 Å². The topological polar surface area (TPSA) is 53.6 Å². The molecule has 0 bridgehead atoms. The van der Waals surface area contributed by atoms with Crippen LogP contribution in [0.15, 0.2) is 24.3 Å². The number of hydrogen-bond donors (Lipinski definition) is 1. The number of aromatic nitrogens is 2. The molecule has 1 unspecified atom stereocenters. The number of piperidine rings is 1. The number of fused-ring (bicyclic) bond motifs is 1. The van der Waals surface area contributed by atoms with Crippen LogP contribution in [0.5, 0.6) is 0 Å². The van der Waals surface area contributed by atoms with Gasteiger partial charge in [-0.15, -0.1) is 0 Å². The van der Waals surface area contributed by atoms with E-state index in [9.17, 15) is 0 Å². The third-order valence-corrected chi connectivity index (χ3v) is 4.08. The first kappa shape index (κ1) is 13.1. The second kappa shape index (κ2) is 6.06. The van der Waals surface area contributed by atoms with Crippen molar-refractivity contribution in [2.24, 2.45) is 0 Å². The van der Waals surface area contributed by atoms with E-state index in [-0.39, 0.29) is 0 Å². The van der Waals surface area contributed by atoms with Crippen molar-refractivity contribution in [1.29, 1.82) is 5.26 Å². The zero-order chi connectivity index (χ0) is 13.8. The minimum Gasteiger partial charge on any atom is -0.327 e. The highest BCUT2D eigenvalue weighted by Gasteiger charge is 2.15. The number of nitrogens with zero attached hydrogens (tertiary/aromatic N) is 3. The summed E-state index contributed by atoms with van der Waals surface area (Å²) in [5, 5.41) is 12.6. The smallest absolute Gasteiger partial charge is 0.124 e. The summed E-state index contributed by atoms with van der Waals surface area (Å²) in [6, 6.07) is 11.0. The molecule has 0 radical (unpaired) electrons. The van der Waals surface area contributed by atoms with Crippen molar-refractivity contribution < 1.29 is 0 Å². The number of rotatable bonds is 4. The third kappa shape index (κ3) is 2.68. The third-order valence-electron chi connectivity index (χ3n) is 4.08. The van der Waals surface area contributed by atoms with Gasteiger partial charge in [0.25, 0.3) is 0 Å². The van der Waals surface area contributed by atoms with Crippen LogP contribution >= 0.6 is 0 Å². The molecular formula is C16H20N4. The van der Waals surface area contributed by atoms with Crippen molar-refractivity contribution in [3.63, 3.8) is 0 Å². The van der Waals surface area contributed by atoms with Crippen molar-refractivity contribution in [2.45, 2.75) is 44.7 Å². The van der Waals surface area contributed by atoms with Gasteiger partial charge in [-0.25, -0.2) is 4.98 Å². The van der Waals surface area contributed by atoms with Gasteiger partial charge in [-0.05, 0) is 37.9 Å². The molecular weight excluding hydrogens is 248 g/mol. The highest BCUT2D eigenvalue weighted by Crippen LogP contribution is 2.18. The average molecular weight is 268 g/mol. The minimum absolute atomic E-state index is 0.382. The number of hydrogen-bond acceptors (Lipinski definition) is 3. The first-order chi connectivity index (χ1) is 9.88. The van der Waals surface area contributed by atoms with Gasteiger partial charge in [0, 0.05) is 12.6 Å². The van der Waals surface area contributed by atoms with Gasteiger partial charge < -0.3 is 9.88 Å². The minimum atomic E-state index is 0.382. The predicted molar refractivity (Wildman–Crippen MR) is 79.3 cm³/mol. The Balaban J connectivity index is 1.81. The standard InChI is InChI=1S/C16H20N4/c17-10-8-16-19-14-6-1-2-7-15(14)20(16)12-9-13-5-3-4-11-18-13/h1-2,6-7,13,18H,3-5,8-9,11-12H2. The summed E-state index contributed by atoms with van der Waals surface area (Å²) in [5.41, 5.74) is 2.14. The van der Waals surface area contributed by atoms with E-state index in [4.69, 9.17) is 5.26 Å². The van der Waals surface area contributed by atoms with E-state index < -0.39 is 0 Å². The van der Waals surface area contributed by atoms with Crippen LogP contribution in [0.4, 0.5) is 0 Å². The van der Waals surface area contributed by atoms with Crippen molar-refractivity contribution in [3.8, 4) is 6.07 Å². The quantitative estimate of drug-likeness (QED) is 0.927. The highest BCUT2D eigenvalue weighted by molar-refractivity contribution is 5.75. The molecule has 20 heavy (non-hydrogen) atoms. The molecule has 3 rings (SSSR count). The Morgan fingerprint density at radius 1 is 1.35 bits per heavy atom. The van der Waals surface area contributed by atoms with Crippen molar-refractivity contribution in [3.05, 3.63) is 30.1 Å². The van der Waals surface area contributed by atoms with Gasteiger partial charge in [-0.2, -0.15) is 5.26 Å². The fraction of sp³-hybridized carbons (Fsp3) is 0.500. The molecule has 1 aliphatic rings. The maximum absolute atomic E-state index is 8.97. The second-order valence-corrected chi connectivity index (χ2v) is 5.44. The lowest BCUT2D eigenvalue weighted by molar-refractivity contribution is 0.367. The maximum atomic E-state index is 8.97. The number of nitrogens with one attached hydrogen (secondary N) is 1. The van der Waals surface area contributed by atoms with Crippen LogP contribution in [0.1, 0.15) is 31.5 Å². The van der Waals surface area contributed by atoms with Crippen LogP contribution in [0.25, 0.3) is 11.0 Å². The van der Waals surface area contributed by atoms with E-state index in [1.54, 1.807) is 0 Å². The molecule has 0 spiro atoms. The molecule has 0 amide bonds. The fourth-order valence-electron chi connectivity index (χ4n) is 3.04. The number of benzene rings is 1. The molecule has 1 aromatic heterocycles. The summed E-state index contributed by atoms with van der Waals surface area (Å²) in [6.07, 6.45) is 5.38. The van der Waals surface area contributed by atoms with Crippen molar-refractivity contribution in [2.75, 3.05) is 6.54 Å². The summed E-state index contributed by atoms with van der Waals surface area (Å²) >= 11 is 0. The van der Waals surface area contributed by atoms with Gasteiger partial charge in [-0.1, -0.05) is 18.6 Å². The molecule has 2 aromatic rings. The summed E-state index contributed by atoms with van der Waals surface area (Å²) in [5.74, 6) is 0.893. The normalized spacial score (nSPS) is 19.1. The summed E-state index contributed by atoms with van der Waals surface area (Å²) in [6.45, 7) is 2.08. The molecule has 4 nitrogen and oxygen atoms in total. The predicted octanol–water partition coefficient (Wildman–Crippen LogP) is 2.63. The molecule has 1 saturated heterocycles. The molecule has 0 aliphatic carbocycles. The van der Waals surface area contributed by atoms with Crippen LogP contribution in [0, 0.1) is 11.3 Å². The molecule has 1 fully saturated rings. The molecule has 1 N–H and O–H groups in total. The van der Waals surface area contributed by atoms with Crippen LogP contribution in [-0.2, 0) is 13.0 Å². The Morgan fingerprint density at radius 2 is 2.25 bits per heavy atom. The Kier molecular flexibility index (Phi) is 3.98. The molecule has 1 atom stereocenters. The van der Waals surface area contributed by atoms with E-state index in [1.807, 2.05) is 18.2 Å². The van der Waals surface area contributed by atoms with Crippen LogP contribution in [0.3, 0.4) is 0 Å². The largest absolute Gasteiger partial charge is 0.327 e. The van der Waals surface area contributed by atoms with E-state index in [0.29, 0.717) is 12.5 Å². The molecule has 1 aliphatic heterocycles. The SMILES string of the molecule is N#CCc1nc2ccccc2n1CCC1CCCCN1. The molecule has 1 aromatic carbocycles. The zero-order valence-corrected chi connectivity index (χ0v) is 11.7. The lowest BCUT2D eigenvalue weighted by Gasteiger charge is -2.23. The monoisotopic (exact) mass is 268 g/mol. The summed E-state index contributed by atoms with van der Waals surface area (Å²) < 4.78 is 2.22. The second-order valence-electron chi connectivity index (χ2n) is 5.44. The number of para-hydroxylation sites is 2. The van der Waals surface area contributed by atoms with Crippen LogP contribution in [0.2, 0.25) is 0 Å². The summed E-state index contributed by atoms with van der Waals surface area (Å²) in [4.78, 5) is 4.59. The fourth-order valence-corrected chi connectivity index (χ4v) is 3.04. The van der Waals surface area contributed by atoms with Gasteiger partial charge in [-0.3, -0.25) is 0 Å². The summed E-state index contributed by atoms with van der Waals surface area (Å²) in [7, 11) is 0. The molecule has 2 heterocycles.